The average molecular weight is 531 g/mol. The van der Waals surface area contributed by atoms with Crippen molar-refractivity contribution in [3.63, 3.8) is 0 Å². The first-order chi connectivity index (χ1) is 12.0. The maximum Gasteiger partial charge on any atom is 0.234 e. The van der Waals surface area contributed by atoms with Crippen molar-refractivity contribution in [1.29, 1.82) is 0 Å². The number of amides is 1. The van der Waals surface area contributed by atoms with Gasteiger partial charge in [-0.25, -0.2) is 4.98 Å². The summed E-state index contributed by atoms with van der Waals surface area (Å²) in [5.74, 6) is 0.600. The number of anilines is 1. The maximum atomic E-state index is 12.0. The quantitative estimate of drug-likeness (QED) is 0.338. The number of thioether (sulfide) groups is 1. The molecule has 0 unspecified atom stereocenters. The molecule has 0 saturated carbocycles. The number of halogens is 2. The van der Waals surface area contributed by atoms with Crippen LogP contribution in [0.5, 0.6) is 5.75 Å². The summed E-state index contributed by atoms with van der Waals surface area (Å²) in [4.78, 5) is 16.3. The number of nitrogens with zero attached hydrogens (tertiary/aromatic N) is 2. The summed E-state index contributed by atoms with van der Waals surface area (Å²) in [5.41, 5.74) is 1.29. The van der Waals surface area contributed by atoms with Crippen LogP contribution < -0.4 is 5.32 Å². The first kappa shape index (κ1) is 18.2. The number of rotatable bonds is 5. The third-order valence-corrected chi connectivity index (χ3v) is 5.20. The second-order valence-corrected chi connectivity index (χ2v) is 8.08. The molecule has 0 atom stereocenters. The second-order valence-electron chi connectivity index (χ2n) is 4.97. The Hall–Kier alpha value is -1.59. The molecule has 1 heterocycles. The minimum absolute atomic E-state index is 0.104. The van der Waals surface area contributed by atoms with Crippen LogP contribution in [0.15, 0.2) is 52.1 Å². The fraction of sp³-hybridized carbons (Fsp3) is 0.0625. The fourth-order valence-corrected chi connectivity index (χ4v) is 3.31. The molecule has 3 rings (SSSR count). The third kappa shape index (κ3) is 4.95. The number of hydrogen-bond acceptors (Lipinski definition) is 5. The van der Waals surface area contributed by atoms with Crippen molar-refractivity contribution in [3.8, 4) is 17.1 Å². The molecule has 0 saturated heterocycles. The molecule has 25 heavy (non-hydrogen) atoms. The number of hydrogen-bond donors (Lipinski definition) is 3. The molecule has 0 bridgehead atoms. The van der Waals surface area contributed by atoms with Crippen LogP contribution in [-0.4, -0.2) is 31.9 Å². The molecule has 6 nitrogen and oxygen atoms in total. The van der Waals surface area contributed by atoms with E-state index in [9.17, 15) is 9.90 Å². The highest BCUT2D eigenvalue weighted by atomic mass is 127. The smallest absolute Gasteiger partial charge is 0.234 e. The lowest BCUT2D eigenvalue weighted by molar-refractivity contribution is -0.113. The molecule has 128 valence electrons. The van der Waals surface area contributed by atoms with Gasteiger partial charge in [-0.1, -0.05) is 27.7 Å². The molecule has 0 aliphatic heterocycles. The monoisotopic (exact) mass is 530 g/mol. The Morgan fingerprint density at radius 2 is 2.04 bits per heavy atom. The van der Waals surface area contributed by atoms with E-state index in [1.54, 1.807) is 18.2 Å². The molecule has 0 radical (unpaired) electrons. The van der Waals surface area contributed by atoms with Crippen LogP contribution in [0, 0.1) is 3.57 Å². The van der Waals surface area contributed by atoms with Gasteiger partial charge in [-0.3, -0.25) is 9.89 Å². The van der Waals surface area contributed by atoms with Crippen LogP contribution in [0.2, 0.25) is 0 Å². The highest BCUT2D eigenvalue weighted by molar-refractivity contribution is 14.1. The molecule has 2 aromatic carbocycles. The third-order valence-electron chi connectivity index (χ3n) is 3.14. The van der Waals surface area contributed by atoms with E-state index in [0.29, 0.717) is 16.5 Å². The molecule has 0 aliphatic carbocycles. The summed E-state index contributed by atoms with van der Waals surface area (Å²) in [6.45, 7) is 0. The minimum Gasteiger partial charge on any atom is -0.507 e. The van der Waals surface area contributed by atoms with Gasteiger partial charge in [0.05, 0.1) is 11.3 Å². The van der Waals surface area contributed by atoms with Gasteiger partial charge < -0.3 is 10.4 Å². The Morgan fingerprint density at radius 1 is 1.28 bits per heavy atom. The van der Waals surface area contributed by atoms with Crippen molar-refractivity contribution in [1.82, 2.24) is 15.2 Å². The van der Waals surface area contributed by atoms with Crippen LogP contribution in [0.4, 0.5) is 5.69 Å². The molecule has 9 heteroatoms. The SMILES string of the molecule is O=C(CSc1n[nH]c(-c2cc(Br)ccc2O)n1)Nc1ccc(I)cc1. The van der Waals surface area contributed by atoms with Crippen molar-refractivity contribution in [3.05, 3.63) is 50.5 Å². The summed E-state index contributed by atoms with van der Waals surface area (Å²) in [6.07, 6.45) is 0. The van der Waals surface area contributed by atoms with E-state index in [0.717, 1.165) is 13.7 Å². The zero-order valence-electron chi connectivity index (χ0n) is 12.7. The van der Waals surface area contributed by atoms with Crippen molar-refractivity contribution in [2.75, 3.05) is 11.1 Å². The molecule has 1 amide bonds. The van der Waals surface area contributed by atoms with Crippen molar-refractivity contribution >= 4 is 61.9 Å². The number of phenolic OH excluding ortho intramolecular Hbond substituents is 1. The Bertz CT molecular complexity index is 901. The maximum absolute atomic E-state index is 12.0. The Morgan fingerprint density at radius 3 is 2.80 bits per heavy atom. The number of aromatic nitrogens is 3. The zero-order chi connectivity index (χ0) is 17.8. The number of nitrogens with one attached hydrogen (secondary N) is 2. The molecule has 3 aromatic rings. The van der Waals surface area contributed by atoms with Crippen LogP contribution in [0.3, 0.4) is 0 Å². The number of aromatic amines is 1. The van der Waals surface area contributed by atoms with Crippen LogP contribution in [-0.2, 0) is 4.79 Å². The molecular formula is C16H12BrIN4O2S. The molecule has 1 aromatic heterocycles. The van der Waals surface area contributed by atoms with E-state index in [1.807, 2.05) is 24.3 Å². The first-order valence-electron chi connectivity index (χ1n) is 7.11. The topological polar surface area (TPSA) is 90.9 Å². The lowest BCUT2D eigenvalue weighted by Crippen LogP contribution is -2.14. The Labute approximate surface area is 170 Å². The average Bonchev–Trinajstić information content (AvgIpc) is 3.06. The second kappa shape index (κ2) is 8.19. The summed E-state index contributed by atoms with van der Waals surface area (Å²) >= 11 is 6.78. The van der Waals surface area contributed by atoms with Crippen molar-refractivity contribution in [2.24, 2.45) is 0 Å². The van der Waals surface area contributed by atoms with Gasteiger partial charge in [0, 0.05) is 13.7 Å². The van der Waals surface area contributed by atoms with Crippen LogP contribution >= 0.6 is 50.3 Å². The molecule has 0 aliphatic rings. The zero-order valence-corrected chi connectivity index (χ0v) is 17.2. The van der Waals surface area contributed by atoms with Gasteiger partial charge in [0.25, 0.3) is 0 Å². The lowest BCUT2D eigenvalue weighted by Gasteiger charge is -2.03. The highest BCUT2D eigenvalue weighted by Crippen LogP contribution is 2.30. The highest BCUT2D eigenvalue weighted by Gasteiger charge is 2.12. The normalized spacial score (nSPS) is 10.6. The largest absolute Gasteiger partial charge is 0.507 e. The van der Waals surface area contributed by atoms with E-state index in [-0.39, 0.29) is 17.4 Å². The van der Waals surface area contributed by atoms with Crippen LogP contribution in [0.25, 0.3) is 11.4 Å². The van der Waals surface area contributed by atoms with Gasteiger partial charge >= 0.3 is 0 Å². The summed E-state index contributed by atoms with van der Waals surface area (Å²) in [5, 5.41) is 20.0. The van der Waals surface area contributed by atoms with Gasteiger partial charge in [0.1, 0.15) is 5.75 Å². The Balaban J connectivity index is 1.61. The number of H-pyrrole nitrogens is 1. The summed E-state index contributed by atoms with van der Waals surface area (Å²) in [7, 11) is 0. The van der Waals surface area contributed by atoms with E-state index >= 15 is 0 Å². The number of phenols is 1. The summed E-state index contributed by atoms with van der Waals surface area (Å²) < 4.78 is 1.93. The first-order valence-corrected chi connectivity index (χ1v) is 9.96. The predicted molar refractivity (Wildman–Crippen MR) is 110 cm³/mol. The van der Waals surface area contributed by atoms with Crippen LogP contribution in [0.1, 0.15) is 0 Å². The Kier molecular flexibility index (Phi) is 5.97. The predicted octanol–water partition coefficient (Wildman–Crippen LogP) is 4.28. The van der Waals surface area contributed by atoms with Crippen molar-refractivity contribution < 1.29 is 9.90 Å². The van der Waals surface area contributed by atoms with E-state index < -0.39 is 0 Å². The molecular weight excluding hydrogens is 519 g/mol. The number of aromatic hydroxyl groups is 1. The van der Waals surface area contributed by atoms with Gasteiger partial charge in [0.2, 0.25) is 11.1 Å². The number of carbonyl (C=O) groups is 1. The van der Waals surface area contributed by atoms with Gasteiger partial charge in [-0.2, -0.15) is 0 Å². The van der Waals surface area contributed by atoms with E-state index in [4.69, 9.17) is 0 Å². The standard InChI is InChI=1S/C16H12BrIN4O2S/c17-9-1-6-13(23)12(7-9)15-20-16(22-21-15)25-8-14(24)19-11-4-2-10(18)3-5-11/h1-7,23H,8H2,(H,19,24)(H,20,21,22). The number of benzene rings is 2. The van der Waals surface area contributed by atoms with Gasteiger partial charge in [-0.15, -0.1) is 5.10 Å². The summed E-state index contributed by atoms with van der Waals surface area (Å²) in [6, 6.07) is 12.6. The van der Waals surface area contributed by atoms with E-state index in [1.165, 1.54) is 11.8 Å². The molecule has 3 N–H and O–H groups in total. The number of carbonyl (C=O) groups excluding carboxylic acids is 1. The van der Waals surface area contributed by atoms with Gasteiger partial charge in [-0.05, 0) is 65.1 Å². The molecule has 0 spiro atoms. The minimum atomic E-state index is -0.136. The van der Waals surface area contributed by atoms with E-state index in [2.05, 4.69) is 59.0 Å². The molecule has 0 fully saturated rings. The lowest BCUT2D eigenvalue weighted by atomic mass is 10.2. The van der Waals surface area contributed by atoms with Crippen molar-refractivity contribution in [2.45, 2.75) is 5.16 Å². The van der Waals surface area contributed by atoms with Gasteiger partial charge in [0.15, 0.2) is 5.82 Å². The fourth-order valence-electron chi connectivity index (χ4n) is 1.99.